The minimum absolute atomic E-state index is 0.0748. The Labute approximate surface area is 148 Å². The zero-order chi connectivity index (χ0) is 17.5. The highest BCUT2D eigenvalue weighted by Gasteiger charge is 2.29. The molecule has 132 valence electrons. The van der Waals surface area contributed by atoms with Crippen molar-refractivity contribution in [2.24, 2.45) is 5.92 Å². The van der Waals surface area contributed by atoms with Crippen LogP contribution in [0.1, 0.15) is 41.8 Å². The lowest BCUT2D eigenvalue weighted by atomic mass is 9.95. The number of carbonyl (C=O) groups is 1. The van der Waals surface area contributed by atoms with Gasteiger partial charge in [-0.05, 0) is 30.5 Å². The van der Waals surface area contributed by atoms with E-state index in [1.807, 2.05) is 31.2 Å². The molecule has 2 heterocycles. The molecule has 0 radical (unpaired) electrons. The average Bonchev–Trinajstić information content (AvgIpc) is 3.14. The van der Waals surface area contributed by atoms with Crippen LogP contribution in [-0.4, -0.2) is 30.6 Å². The smallest absolute Gasteiger partial charge is 0.252 e. The Morgan fingerprint density at radius 3 is 2.80 bits per heavy atom. The minimum Gasteiger partial charge on any atom is -0.373 e. The van der Waals surface area contributed by atoms with Crippen molar-refractivity contribution in [3.8, 4) is 0 Å². The molecular weight excluding hydrogens is 314 g/mol. The summed E-state index contributed by atoms with van der Waals surface area (Å²) in [7, 11) is 0. The topological polar surface area (TPSA) is 63.2 Å². The molecule has 5 nitrogen and oxygen atoms in total. The van der Waals surface area contributed by atoms with E-state index in [9.17, 15) is 4.79 Å². The average molecular weight is 339 g/mol. The predicted octanol–water partition coefficient (Wildman–Crippen LogP) is 3.41. The van der Waals surface area contributed by atoms with Crippen LogP contribution >= 0.6 is 0 Å². The standard InChI is InChI=1S/C20H25N3O2/c1-2-11-21-20(24)17-8-9-18(23-14-17)22-13-16-10-12-25-19(16)15-6-4-3-5-7-15/h3-9,14,16,19H,2,10-13H2,1H3,(H,21,24)(H,22,23). The molecule has 1 fully saturated rings. The molecule has 2 unspecified atom stereocenters. The summed E-state index contributed by atoms with van der Waals surface area (Å²) in [5.74, 6) is 1.12. The molecule has 1 amide bonds. The van der Waals surface area contributed by atoms with Crippen LogP contribution in [0.25, 0.3) is 0 Å². The van der Waals surface area contributed by atoms with Gasteiger partial charge in [-0.3, -0.25) is 4.79 Å². The molecule has 1 saturated heterocycles. The highest BCUT2D eigenvalue weighted by molar-refractivity contribution is 5.93. The van der Waals surface area contributed by atoms with E-state index in [2.05, 4.69) is 27.8 Å². The first-order valence-corrected chi connectivity index (χ1v) is 8.92. The molecule has 2 atom stereocenters. The summed E-state index contributed by atoms with van der Waals surface area (Å²) in [6.07, 6.45) is 3.70. The summed E-state index contributed by atoms with van der Waals surface area (Å²) in [4.78, 5) is 16.2. The number of rotatable bonds is 7. The fraction of sp³-hybridized carbons (Fsp3) is 0.400. The second-order valence-corrected chi connectivity index (χ2v) is 6.32. The Morgan fingerprint density at radius 1 is 1.24 bits per heavy atom. The van der Waals surface area contributed by atoms with Crippen LogP contribution < -0.4 is 10.6 Å². The number of hydrogen-bond donors (Lipinski definition) is 2. The lowest BCUT2D eigenvalue weighted by Crippen LogP contribution is -2.24. The molecule has 2 aromatic rings. The van der Waals surface area contributed by atoms with E-state index < -0.39 is 0 Å². The first-order valence-electron chi connectivity index (χ1n) is 8.92. The van der Waals surface area contributed by atoms with Gasteiger partial charge in [0.05, 0.1) is 11.7 Å². The number of benzene rings is 1. The molecule has 1 aromatic heterocycles. The number of anilines is 1. The van der Waals surface area contributed by atoms with Crippen molar-refractivity contribution >= 4 is 11.7 Å². The van der Waals surface area contributed by atoms with E-state index in [1.54, 1.807) is 12.3 Å². The van der Waals surface area contributed by atoms with Gasteiger partial charge in [0.25, 0.3) is 5.91 Å². The Bertz CT molecular complexity index is 673. The molecule has 1 aromatic carbocycles. The van der Waals surface area contributed by atoms with Gasteiger partial charge < -0.3 is 15.4 Å². The number of nitrogens with zero attached hydrogens (tertiary/aromatic N) is 1. The second-order valence-electron chi connectivity index (χ2n) is 6.32. The van der Waals surface area contributed by atoms with Gasteiger partial charge in [-0.2, -0.15) is 0 Å². The van der Waals surface area contributed by atoms with E-state index in [-0.39, 0.29) is 12.0 Å². The molecule has 5 heteroatoms. The normalized spacial score (nSPS) is 19.6. The van der Waals surface area contributed by atoms with Crippen LogP contribution in [0.2, 0.25) is 0 Å². The fourth-order valence-corrected chi connectivity index (χ4v) is 3.06. The van der Waals surface area contributed by atoms with E-state index in [0.717, 1.165) is 31.8 Å². The first-order chi connectivity index (χ1) is 12.3. The van der Waals surface area contributed by atoms with Gasteiger partial charge in [-0.25, -0.2) is 4.98 Å². The molecule has 0 saturated carbocycles. The van der Waals surface area contributed by atoms with Crippen molar-refractivity contribution in [1.29, 1.82) is 0 Å². The van der Waals surface area contributed by atoms with E-state index in [0.29, 0.717) is 18.0 Å². The summed E-state index contributed by atoms with van der Waals surface area (Å²) in [6.45, 7) is 4.30. The lowest BCUT2D eigenvalue weighted by Gasteiger charge is -2.19. The first kappa shape index (κ1) is 17.4. The van der Waals surface area contributed by atoms with Gasteiger partial charge in [0.2, 0.25) is 0 Å². The number of carbonyl (C=O) groups excluding carboxylic acids is 1. The molecular formula is C20H25N3O2. The Kier molecular flexibility index (Phi) is 6.01. The monoisotopic (exact) mass is 339 g/mol. The van der Waals surface area contributed by atoms with Crippen molar-refractivity contribution in [3.63, 3.8) is 0 Å². The maximum Gasteiger partial charge on any atom is 0.252 e. The van der Waals surface area contributed by atoms with Gasteiger partial charge >= 0.3 is 0 Å². The van der Waals surface area contributed by atoms with Crippen LogP contribution in [0.15, 0.2) is 48.7 Å². The Hall–Kier alpha value is -2.40. The number of nitrogens with one attached hydrogen (secondary N) is 2. The maximum absolute atomic E-state index is 11.9. The lowest BCUT2D eigenvalue weighted by molar-refractivity contribution is 0.0933. The van der Waals surface area contributed by atoms with Crippen LogP contribution in [0.4, 0.5) is 5.82 Å². The molecule has 2 N–H and O–H groups in total. The third-order valence-electron chi connectivity index (χ3n) is 4.45. The maximum atomic E-state index is 11.9. The third-order valence-corrected chi connectivity index (χ3v) is 4.45. The van der Waals surface area contributed by atoms with E-state index >= 15 is 0 Å². The molecule has 0 spiro atoms. The van der Waals surface area contributed by atoms with Crippen molar-refractivity contribution in [2.75, 3.05) is 25.0 Å². The van der Waals surface area contributed by atoms with Gasteiger partial charge in [0, 0.05) is 31.8 Å². The number of ether oxygens (including phenoxy) is 1. The Balaban J connectivity index is 1.55. The number of pyridine rings is 1. The highest BCUT2D eigenvalue weighted by atomic mass is 16.5. The molecule has 1 aliphatic rings. The van der Waals surface area contributed by atoms with Gasteiger partial charge in [0.15, 0.2) is 0 Å². The van der Waals surface area contributed by atoms with E-state index in [1.165, 1.54) is 5.56 Å². The zero-order valence-corrected chi connectivity index (χ0v) is 14.6. The highest BCUT2D eigenvalue weighted by Crippen LogP contribution is 2.34. The summed E-state index contributed by atoms with van der Waals surface area (Å²) in [6, 6.07) is 14.0. The summed E-state index contributed by atoms with van der Waals surface area (Å²) in [5.41, 5.74) is 1.81. The van der Waals surface area contributed by atoms with Crippen LogP contribution in [0.5, 0.6) is 0 Å². The summed E-state index contributed by atoms with van der Waals surface area (Å²) in [5, 5.41) is 6.23. The SMILES string of the molecule is CCCNC(=O)c1ccc(NCC2CCOC2c2ccccc2)nc1. The minimum atomic E-state index is -0.0748. The van der Waals surface area contributed by atoms with Crippen molar-refractivity contribution in [2.45, 2.75) is 25.9 Å². The molecule has 0 bridgehead atoms. The molecule has 0 aliphatic carbocycles. The van der Waals surface area contributed by atoms with Crippen molar-refractivity contribution < 1.29 is 9.53 Å². The molecule has 25 heavy (non-hydrogen) atoms. The van der Waals surface area contributed by atoms with Crippen molar-refractivity contribution in [3.05, 3.63) is 59.8 Å². The predicted molar refractivity (Wildman–Crippen MR) is 98.6 cm³/mol. The second kappa shape index (κ2) is 8.62. The van der Waals surface area contributed by atoms with Gasteiger partial charge in [-0.1, -0.05) is 37.3 Å². The van der Waals surface area contributed by atoms with Crippen LogP contribution in [0.3, 0.4) is 0 Å². The molecule has 3 rings (SSSR count). The van der Waals surface area contributed by atoms with Crippen molar-refractivity contribution in [1.82, 2.24) is 10.3 Å². The number of hydrogen-bond acceptors (Lipinski definition) is 4. The largest absolute Gasteiger partial charge is 0.373 e. The van der Waals surface area contributed by atoms with Crippen LogP contribution in [-0.2, 0) is 4.74 Å². The number of amides is 1. The fourth-order valence-electron chi connectivity index (χ4n) is 3.06. The van der Waals surface area contributed by atoms with E-state index in [4.69, 9.17) is 4.74 Å². The van der Waals surface area contributed by atoms with Gasteiger partial charge in [0.1, 0.15) is 5.82 Å². The number of aromatic nitrogens is 1. The van der Waals surface area contributed by atoms with Crippen LogP contribution in [0, 0.1) is 5.92 Å². The summed E-state index contributed by atoms with van der Waals surface area (Å²) < 4.78 is 5.91. The Morgan fingerprint density at radius 2 is 2.08 bits per heavy atom. The summed E-state index contributed by atoms with van der Waals surface area (Å²) >= 11 is 0. The van der Waals surface area contributed by atoms with Gasteiger partial charge in [-0.15, -0.1) is 0 Å². The zero-order valence-electron chi connectivity index (χ0n) is 14.6. The molecule has 1 aliphatic heterocycles. The quantitative estimate of drug-likeness (QED) is 0.811. The third kappa shape index (κ3) is 4.57.